The number of benzene rings is 1. The molecule has 1 aromatic heterocycles. The number of carbonyl (C=O) groups is 1. The molecular formula is C15H18N2O4. The van der Waals surface area contributed by atoms with E-state index >= 15 is 0 Å². The normalized spacial score (nSPS) is 10.4. The second kappa shape index (κ2) is 6.92. The molecule has 0 aliphatic carbocycles. The van der Waals surface area contributed by atoms with E-state index in [0.717, 1.165) is 5.56 Å². The Morgan fingerprint density at radius 2 is 2.14 bits per heavy atom. The van der Waals surface area contributed by atoms with Gasteiger partial charge in [-0.1, -0.05) is 12.1 Å². The number of carbonyl (C=O) groups excluding carboxylic acids is 1. The summed E-state index contributed by atoms with van der Waals surface area (Å²) in [6.07, 6.45) is 0. The van der Waals surface area contributed by atoms with Gasteiger partial charge in [-0.3, -0.25) is 10.2 Å². The van der Waals surface area contributed by atoms with Crippen LogP contribution in [0.2, 0.25) is 0 Å². The number of hydrazine groups is 1. The first kappa shape index (κ1) is 15.1. The number of aryl methyl sites for hydroxylation is 1. The third-order valence-corrected chi connectivity index (χ3v) is 2.94. The van der Waals surface area contributed by atoms with Crippen molar-refractivity contribution in [3.63, 3.8) is 0 Å². The Bertz CT molecular complexity index is 622. The molecule has 0 saturated carbocycles. The predicted octanol–water partition coefficient (Wildman–Crippen LogP) is 1.92. The topological polar surface area (TPSA) is 86.7 Å². The number of furan rings is 1. The van der Waals surface area contributed by atoms with Crippen LogP contribution in [0, 0.1) is 6.92 Å². The summed E-state index contributed by atoms with van der Waals surface area (Å²) in [7, 11) is 1.64. The molecule has 0 fully saturated rings. The molecule has 6 nitrogen and oxygen atoms in total. The fourth-order valence-electron chi connectivity index (χ4n) is 1.96. The van der Waals surface area contributed by atoms with E-state index in [1.54, 1.807) is 20.1 Å². The Labute approximate surface area is 122 Å². The highest BCUT2D eigenvalue weighted by Gasteiger charge is 2.14. The van der Waals surface area contributed by atoms with Crippen LogP contribution in [-0.4, -0.2) is 13.0 Å². The van der Waals surface area contributed by atoms with Crippen molar-refractivity contribution < 1.29 is 18.7 Å². The highest BCUT2D eigenvalue weighted by Crippen LogP contribution is 2.19. The molecule has 112 valence electrons. The molecule has 1 heterocycles. The molecule has 2 aromatic rings. The van der Waals surface area contributed by atoms with Crippen molar-refractivity contribution in [1.82, 2.24) is 5.43 Å². The van der Waals surface area contributed by atoms with E-state index in [4.69, 9.17) is 19.7 Å². The monoisotopic (exact) mass is 290 g/mol. The Morgan fingerprint density at radius 3 is 2.86 bits per heavy atom. The summed E-state index contributed by atoms with van der Waals surface area (Å²) in [5.74, 6) is 6.50. The number of methoxy groups -OCH3 is 1. The van der Waals surface area contributed by atoms with Gasteiger partial charge in [-0.15, -0.1) is 0 Å². The van der Waals surface area contributed by atoms with Crippen molar-refractivity contribution in [3.8, 4) is 5.75 Å². The van der Waals surface area contributed by atoms with Crippen molar-refractivity contribution in [2.24, 2.45) is 5.84 Å². The standard InChI is InChI=1S/C15H18N2O4/c1-10-14(15(18)17-16)7-13(21-10)9-20-12-5-3-4-11(6-12)8-19-2/h3-7H,8-9,16H2,1-2H3,(H,17,18). The molecule has 1 amide bonds. The SMILES string of the molecule is COCc1cccc(OCc2cc(C(=O)NN)c(C)o2)c1. The molecule has 1 aromatic carbocycles. The second-order valence-electron chi connectivity index (χ2n) is 4.53. The lowest BCUT2D eigenvalue weighted by atomic mass is 10.2. The number of rotatable bonds is 6. The molecular weight excluding hydrogens is 272 g/mol. The number of ether oxygens (including phenoxy) is 2. The Morgan fingerprint density at radius 1 is 1.33 bits per heavy atom. The van der Waals surface area contributed by atoms with E-state index in [9.17, 15) is 4.79 Å². The molecule has 0 unspecified atom stereocenters. The maximum absolute atomic E-state index is 11.5. The molecule has 0 spiro atoms. The highest BCUT2D eigenvalue weighted by molar-refractivity contribution is 5.94. The average Bonchev–Trinajstić information content (AvgIpc) is 2.86. The molecule has 0 bridgehead atoms. The van der Waals surface area contributed by atoms with Crippen molar-refractivity contribution in [3.05, 3.63) is 53.0 Å². The van der Waals surface area contributed by atoms with Gasteiger partial charge >= 0.3 is 0 Å². The summed E-state index contributed by atoms with van der Waals surface area (Å²) in [6.45, 7) is 2.46. The van der Waals surface area contributed by atoms with Crippen molar-refractivity contribution in [2.75, 3.05) is 7.11 Å². The lowest BCUT2D eigenvalue weighted by molar-refractivity contribution is 0.0952. The minimum Gasteiger partial charge on any atom is -0.486 e. The molecule has 0 aliphatic heterocycles. The number of hydrogen-bond acceptors (Lipinski definition) is 5. The molecule has 0 radical (unpaired) electrons. The van der Waals surface area contributed by atoms with E-state index in [0.29, 0.717) is 29.4 Å². The van der Waals surface area contributed by atoms with Gasteiger partial charge in [0, 0.05) is 7.11 Å². The minimum absolute atomic E-state index is 0.231. The first-order valence-electron chi connectivity index (χ1n) is 6.45. The van der Waals surface area contributed by atoms with Crippen LogP contribution >= 0.6 is 0 Å². The molecule has 2 rings (SSSR count). The van der Waals surface area contributed by atoms with Gasteiger partial charge in [0.1, 0.15) is 23.9 Å². The van der Waals surface area contributed by atoms with E-state index in [1.807, 2.05) is 24.3 Å². The smallest absolute Gasteiger partial charge is 0.268 e. The molecule has 0 atom stereocenters. The highest BCUT2D eigenvalue weighted by atomic mass is 16.5. The number of amides is 1. The van der Waals surface area contributed by atoms with E-state index in [-0.39, 0.29) is 12.5 Å². The molecule has 6 heteroatoms. The number of nitrogens with one attached hydrogen (secondary N) is 1. The largest absolute Gasteiger partial charge is 0.486 e. The summed E-state index contributed by atoms with van der Waals surface area (Å²) in [6, 6.07) is 9.22. The van der Waals surface area contributed by atoms with Gasteiger partial charge in [0.25, 0.3) is 5.91 Å². The van der Waals surface area contributed by atoms with Crippen LogP contribution in [0.15, 0.2) is 34.7 Å². The summed E-state index contributed by atoms with van der Waals surface area (Å²) in [4.78, 5) is 11.5. The van der Waals surface area contributed by atoms with Crippen LogP contribution in [0.25, 0.3) is 0 Å². The van der Waals surface area contributed by atoms with Crippen LogP contribution < -0.4 is 16.0 Å². The van der Waals surface area contributed by atoms with Gasteiger partial charge in [0.05, 0.1) is 12.2 Å². The molecule has 0 aliphatic rings. The van der Waals surface area contributed by atoms with E-state index in [1.165, 1.54) is 0 Å². The zero-order valence-corrected chi connectivity index (χ0v) is 12.0. The summed E-state index contributed by atoms with van der Waals surface area (Å²) in [5.41, 5.74) is 3.51. The van der Waals surface area contributed by atoms with Crippen LogP contribution in [0.4, 0.5) is 0 Å². The molecule has 21 heavy (non-hydrogen) atoms. The van der Waals surface area contributed by atoms with E-state index in [2.05, 4.69) is 5.43 Å². The average molecular weight is 290 g/mol. The third-order valence-electron chi connectivity index (χ3n) is 2.94. The van der Waals surface area contributed by atoms with Crippen molar-refractivity contribution >= 4 is 5.91 Å². The third kappa shape index (κ3) is 3.84. The number of nitrogen functional groups attached to an aromatic ring is 1. The Balaban J connectivity index is 2.03. The van der Waals surface area contributed by atoms with Crippen molar-refractivity contribution in [2.45, 2.75) is 20.1 Å². The van der Waals surface area contributed by atoms with Crippen LogP contribution in [0.1, 0.15) is 27.4 Å². The zero-order chi connectivity index (χ0) is 15.2. The number of nitrogens with two attached hydrogens (primary N) is 1. The van der Waals surface area contributed by atoms with Gasteiger partial charge in [0.2, 0.25) is 0 Å². The van der Waals surface area contributed by atoms with Crippen LogP contribution in [0.3, 0.4) is 0 Å². The molecule has 0 saturated heterocycles. The number of hydrogen-bond donors (Lipinski definition) is 2. The Hall–Kier alpha value is -2.31. The van der Waals surface area contributed by atoms with Gasteiger partial charge < -0.3 is 13.9 Å². The maximum Gasteiger partial charge on any atom is 0.268 e. The van der Waals surface area contributed by atoms with E-state index < -0.39 is 0 Å². The first-order valence-corrected chi connectivity index (χ1v) is 6.45. The Kier molecular flexibility index (Phi) is 4.97. The fourth-order valence-corrected chi connectivity index (χ4v) is 1.96. The lowest BCUT2D eigenvalue weighted by Gasteiger charge is -2.06. The van der Waals surface area contributed by atoms with Crippen LogP contribution in [-0.2, 0) is 18.0 Å². The summed E-state index contributed by atoms with van der Waals surface area (Å²) >= 11 is 0. The van der Waals surface area contributed by atoms with Crippen molar-refractivity contribution in [1.29, 1.82) is 0 Å². The zero-order valence-electron chi connectivity index (χ0n) is 12.0. The van der Waals surface area contributed by atoms with Gasteiger partial charge in [-0.25, -0.2) is 5.84 Å². The summed E-state index contributed by atoms with van der Waals surface area (Å²) in [5, 5.41) is 0. The minimum atomic E-state index is -0.385. The van der Waals surface area contributed by atoms with Crippen LogP contribution in [0.5, 0.6) is 5.75 Å². The lowest BCUT2D eigenvalue weighted by Crippen LogP contribution is -2.30. The quantitative estimate of drug-likeness (QED) is 0.482. The summed E-state index contributed by atoms with van der Waals surface area (Å²) < 4.78 is 16.2. The predicted molar refractivity (Wildman–Crippen MR) is 76.6 cm³/mol. The van der Waals surface area contributed by atoms with Gasteiger partial charge in [-0.2, -0.15) is 0 Å². The first-order chi connectivity index (χ1) is 10.1. The molecule has 3 N–H and O–H groups in total. The van der Waals surface area contributed by atoms with Gasteiger partial charge in [0.15, 0.2) is 0 Å². The fraction of sp³-hybridized carbons (Fsp3) is 0.267. The second-order valence-corrected chi connectivity index (χ2v) is 4.53. The van der Waals surface area contributed by atoms with Gasteiger partial charge in [-0.05, 0) is 30.7 Å². The maximum atomic E-state index is 11.5.